The van der Waals surface area contributed by atoms with Crippen LogP contribution in [0, 0.1) is 0 Å². The summed E-state index contributed by atoms with van der Waals surface area (Å²) in [7, 11) is 0. The van der Waals surface area contributed by atoms with Gasteiger partial charge in [-0.3, -0.25) is 4.79 Å². The molecule has 0 spiro atoms. The number of nitrogens with zero attached hydrogens (tertiary/aromatic N) is 2. The molecule has 0 saturated heterocycles. The lowest BCUT2D eigenvalue weighted by Gasteiger charge is -2.04. The Hall–Kier alpha value is -2.95. The minimum atomic E-state index is -0.0325. The van der Waals surface area contributed by atoms with E-state index in [4.69, 9.17) is 4.52 Å². The van der Waals surface area contributed by atoms with Crippen LogP contribution in [0.3, 0.4) is 0 Å². The first kappa shape index (κ1) is 17.9. The second-order valence-electron chi connectivity index (χ2n) is 6.55. The van der Waals surface area contributed by atoms with Crippen molar-refractivity contribution in [1.29, 1.82) is 0 Å². The molecule has 0 bridgehead atoms. The largest absolute Gasteiger partial charge is 0.352 e. The van der Waals surface area contributed by atoms with E-state index < -0.39 is 0 Å². The average molecular weight is 349 g/mol. The van der Waals surface area contributed by atoms with E-state index in [2.05, 4.69) is 41.4 Å². The summed E-state index contributed by atoms with van der Waals surface area (Å²) in [6.45, 7) is 4.84. The molecule has 1 amide bonds. The SMILES string of the molecule is CC(C)c1ccc(-c2noc(CCC(=O)NCc3ccccc3)n2)cc1. The Bertz CT molecular complexity index is 839. The van der Waals surface area contributed by atoms with Gasteiger partial charge in [-0.1, -0.05) is 73.6 Å². The van der Waals surface area contributed by atoms with E-state index in [1.165, 1.54) is 5.56 Å². The van der Waals surface area contributed by atoms with Crippen LogP contribution in [0.2, 0.25) is 0 Å². The Labute approximate surface area is 153 Å². The van der Waals surface area contributed by atoms with Crippen molar-refractivity contribution < 1.29 is 9.32 Å². The molecule has 5 heteroatoms. The van der Waals surface area contributed by atoms with Crippen molar-refractivity contribution in [3.05, 3.63) is 71.6 Å². The predicted molar refractivity (Wildman–Crippen MR) is 100 cm³/mol. The number of amides is 1. The van der Waals surface area contributed by atoms with Crippen molar-refractivity contribution in [2.24, 2.45) is 0 Å². The highest BCUT2D eigenvalue weighted by Crippen LogP contribution is 2.20. The summed E-state index contributed by atoms with van der Waals surface area (Å²) in [6, 6.07) is 18.0. The number of hydrogen-bond acceptors (Lipinski definition) is 4. The molecule has 0 fully saturated rings. The van der Waals surface area contributed by atoms with E-state index >= 15 is 0 Å². The molecule has 1 aromatic heterocycles. The molecule has 5 nitrogen and oxygen atoms in total. The Balaban J connectivity index is 1.51. The zero-order valence-corrected chi connectivity index (χ0v) is 15.1. The average Bonchev–Trinajstić information content (AvgIpc) is 3.14. The van der Waals surface area contributed by atoms with E-state index in [9.17, 15) is 4.79 Å². The Morgan fingerprint density at radius 3 is 2.50 bits per heavy atom. The quantitative estimate of drug-likeness (QED) is 0.697. The number of nitrogens with one attached hydrogen (secondary N) is 1. The lowest BCUT2D eigenvalue weighted by Crippen LogP contribution is -2.22. The molecule has 0 atom stereocenters. The van der Waals surface area contributed by atoms with E-state index in [0.29, 0.717) is 37.0 Å². The van der Waals surface area contributed by atoms with Gasteiger partial charge in [-0.15, -0.1) is 0 Å². The standard InChI is InChI=1S/C21H23N3O2/c1-15(2)17-8-10-18(11-9-17)21-23-20(26-24-21)13-12-19(25)22-14-16-6-4-3-5-7-16/h3-11,15H,12-14H2,1-2H3,(H,22,25). The maximum absolute atomic E-state index is 12.0. The van der Waals surface area contributed by atoms with Crippen LogP contribution >= 0.6 is 0 Å². The minimum absolute atomic E-state index is 0.0325. The van der Waals surface area contributed by atoms with Crippen LogP contribution in [0.1, 0.15) is 43.2 Å². The van der Waals surface area contributed by atoms with Gasteiger partial charge in [-0.25, -0.2) is 0 Å². The van der Waals surface area contributed by atoms with Gasteiger partial charge in [0.15, 0.2) is 0 Å². The zero-order chi connectivity index (χ0) is 18.4. The van der Waals surface area contributed by atoms with E-state index in [0.717, 1.165) is 11.1 Å². The number of aromatic nitrogens is 2. The van der Waals surface area contributed by atoms with Crippen LogP contribution in [0.4, 0.5) is 0 Å². The zero-order valence-electron chi connectivity index (χ0n) is 15.1. The van der Waals surface area contributed by atoms with Gasteiger partial charge in [0, 0.05) is 24.9 Å². The topological polar surface area (TPSA) is 68.0 Å². The van der Waals surface area contributed by atoms with Gasteiger partial charge >= 0.3 is 0 Å². The third-order valence-electron chi connectivity index (χ3n) is 4.20. The van der Waals surface area contributed by atoms with Gasteiger partial charge < -0.3 is 9.84 Å². The van der Waals surface area contributed by atoms with Crippen molar-refractivity contribution in [2.45, 2.75) is 39.2 Å². The summed E-state index contributed by atoms with van der Waals surface area (Å²) in [5, 5.41) is 6.91. The number of aryl methyl sites for hydroxylation is 1. The number of benzene rings is 2. The van der Waals surface area contributed by atoms with Crippen LogP contribution in [-0.4, -0.2) is 16.0 Å². The van der Waals surface area contributed by atoms with Crippen LogP contribution in [-0.2, 0) is 17.8 Å². The summed E-state index contributed by atoms with van der Waals surface area (Å²) in [6.07, 6.45) is 0.748. The summed E-state index contributed by atoms with van der Waals surface area (Å²) in [4.78, 5) is 16.4. The van der Waals surface area contributed by atoms with Gasteiger partial charge in [-0.05, 0) is 17.0 Å². The highest BCUT2D eigenvalue weighted by Gasteiger charge is 2.11. The van der Waals surface area contributed by atoms with Gasteiger partial charge in [0.1, 0.15) is 0 Å². The van der Waals surface area contributed by atoms with Crippen LogP contribution < -0.4 is 5.32 Å². The molecule has 0 radical (unpaired) electrons. The number of carbonyl (C=O) groups excluding carboxylic acids is 1. The molecule has 3 rings (SSSR count). The highest BCUT2D eigenvalue weighted by molar-refractivity contribution is 5.76. The monoisotopic (exact) mass is 349 g/mol. The van der Waals surface area contributed by atoms with Gasteiger partial charge in [0.25, 0.3) is 0 Å². The van der Waals surface area contributed by atoms with Crippen LogP contribution in [0.5, 0.6) is 0 Å². The summed E-state index contributed by atoms with van der Waals surface area (Å²) in [5.74, 6) is 1.48. The van der Waals surface area contributed by atoms with E-state index in [-0.39, 0.29) is 5.91 Å². The van der Waals surface area contributed by atoms with Gasteiger partial charge in [0.2, 0.25) is 17.6 Å². The van der Waals surface area contributed by atoms with Crippen molar-refractivity contribution >= 4 is 5.91 Å². The smallest absolute Gasteiger partial charge is 0.227 e. The Kier molecular flexibility index (Phi) is 5.79. The van der Waals surface area contributed by atoms with Crippen LogP contribution in [0.25, 0.3) is 11.4 Å². The normalized spacial score (nSPS) is 10.9. The molecule has 0 aliphatic carbocycles. The molecule has 1 heterocycles. The second-order valence-corrected chi connectivity index (χ2v) is 6.55. The van der Waals surface area contributed by atoms with Gasteiger partial charge in [-0.2, -0.15) is 4.98 Å². The molecule has 26 heavy (non-hydrogen) atoms. The first-order valence-corrected chi connectivity index (χ1v) is 8.85. The summed E-state index contributed by atoms with van der Waals surface area (Å²) in [5.41, 5.74) is 3.26. The maximum atomic E-state index is 12.0. The van der Waals surface area contributed by atoms with E-state index in [1.807, 2.05) is 42.5 Å². The third-order valence-corrected chi connectivity index (χ3v) is 4.20. The predicted octanol–water partition coefficient (Wildman–Crippen LogP) is 4.11. The summed E-state index contributed by atoms with van der Waals surface area (Å²) >= 11 is 0. The lowest BCUT2D eigenvalue weighted by atomic mass is 10.0. The fraction of sp³-hybridized carbons (Fsp3) is 0.286. The molecule has 0 aliphatic heterocycles. The summed E-state index contributed by atoms with van der Waals surface area (Å²) < 4.78 is 5.27. The lowest BCUT2D eigenvalue weighted by molar-refractivity contribution is -0.121. The fourth-order valence-electron chi connectivity index (χ4n) is 2.60. The van der Waals surface area contributed by atoms with Crippen molar-refractivity contribution in [2.75, 3.05) is 0 Å². The maximum Gasteiger partial charge on any atom is 0.227 e. The first-order chi connectivity index (χ1) is 12.6. The second kappa shape index (κ2) is 8.43. The number of rotatable bonds is 7. The van der Waals surface area contributed by atoms with Crippen molar-refractivity contribution in [3.8, 4) is 11.4 Å². The molecule has 134 valence electrons. The molecule has 1 N–H and O–H groups in total. The number of carbonyl (C=O) groups is 1. The third kappa shape index (κ3) is 4.79. The Morgan fingerprint density at radius 2 is 1.81 bits per heavy atom. The van der Waals surface area contributed by atoms with Crippen molar-refractivity contribution in [3.63, 3.8) is 0 Å². The highest BCUT2D eigenvalue weighted by atomic mass is 16.5. The molecule has 0 unspecified atom stereocenters. The number of hydrogen-bond donors (Lipinski definition) is 1. The fourth-order valence-corrected chi connectivity index (χ4v) is 2.60. The van der Waals surface area contributed by atoms with Crippen LogP contribution in [0.15, 0.2) is 59.1 Å². The Morgan fingerprint density at radius 1 is 1.08 bits per heavy atom. The molecule has 0 aliphatic rings. The van der Waals surface area contributed by atoms with Gasteiger partial charge in [0.05, 0.1) is 0 Å². The molecular weight excluding hydrogens is 326 g/mol. The minimum Gasteiger partial charge on any atom is -0.352 e. The first-order valence-electron chi connectivity index (χ1n) is 8.85. The molecule has 2 aromatic carbocycles. The van der Waals surface area contributed by atoms with E-state index in [1.54, 1.807) is 0 Å². The molecular formula is C21H23N3O2. The molecule has 0 saturated carbocycles. The molecule has 3 aromatic rings. The van der Waals surface area contributed by atoms with Crippen molar-refractivity contribution in [1.82, 2.24) is 15.5 Å².